The predicted octanol–water partition coefficient (Wildman–Crippen LogP) is 6.43. The van der Waals surface area contributed by atoms with Crippen molar-refractivity contribution in [1.82, 2.24) is 4.90 Å². The molecule has 4 aromatic carbocycles. The van der Waals surface area contributed by atoms with Crippen LogP contribution >= 0.6 is 11.6 Å². The average molecular weight is 501 g/mol. The number of halogens is 1. The third kappa shape index (κ3) is 5.54. The number of hydrogen-bond donors (Lipinski definition) is 1. The molecular formula is C30H29ClN2O3. The van der Waals surface area contributed by atoms with E-state index < -0.39 is 0 Å². The monoisotopic (exact) mass is 500 g/mol. The van der Waals surface area contributed by atoms with Crippen LogP contribution in [0.3, 0.4) is 0 Å². The van der Waals surface area contributed by atoms with Crippen molar-refractivity contribution in [3.05, 3.63) is 95.0 Å². The van der Waals surface area contributed by atoms with Crippen LogP contribution in [0.15, 0.2) is 78.9 Å². The van der Waals surface area contributed by atoms with Crippen molar-refractivity contribution >= 4 is 34.0 Å². The second kappa shape index (κ2) is 11.1. The smallest absolute Gasteiger partial charge is 0.255 e. The molecule has 0 aromatic heterocycles. The molecular weight excluding hydrogens is 472 g/mol. The van der Waals surface area contributed by atoms with Gasteiger partial charge in [0.15, 0.2) is 0 Å². The number of fused-ring (bicyclic) bond motifs is 1. The molecule has 0 aliphatic carbocycles. The normalized spacial score (nSPS) is 14.1. The van der Waals surface area contributed by atoms with Gasteiger partial charge in [-0.3, -0.25) is 9.69 Å². The number of aryl methyl sites for hydroxylation is 1. The molecule has 6 heteroatoms. The quantitative estimate of drug-likeness (QED) is 0.317. The Hall–Kier alpha value is -3.38. The maximum Gasteiger partial charge on any atom is 0.255 e. The van der Waals surface area contributed by atoms with Crippen molar-refractivity contribution in [2.75, 3.05) is 44.8 Å². The highest BCUT2D eigenvalue weighted by molar-refractivity contribution is 6.30. The Morgan fingerprint density at radius 3 is 2.58 bits per heavy atom. The molecule has 1 saturated heterocycles. The molecule has 1 N–H and O–H groups in total. The van der Waals surface area contributed by atoms with E-state index in [2.05, 4.69) is 10.2 Å². The lowest BCUT2D eigenvalue weighted by molar-refractivity contribution is 0.0323. The van der Waals surface area contributed by atoms with Crippen molar-refractivity contribution < 1.29 is 14.3 Å². The molecule has 1 amide bonds. The first-order valence-corrected chi connectivity index (χ1v) is 12.6. The highest BCUT2D eigenvalue weighted by atomic mass is 35.5. The van der Waals surface area contributed by atoms with Crippen LogP contribution in [0.4, 0.5) is 5.69 Å². The summed E-state index contributed by atoms with van der Waals surface area (Å²) in [6.07, 6.45) is 0. The topological polar surface area (TPSA) is 50.8 Å². The van der Waals surface area contributed by atoms with E-state index >= 15 is 0 Å². The summed E-state index contributed by atoms with van der Waals surface area (Å²) in [6, 6.07) is 25.3. The minimum Gasteiger partial charge on any atom is -0.492 e. The number of carbonyl (C=O) groups excluding carboxylic acids is 1. The van der Waals surface area contributed by atoms with E-state index in [1.807, 2.05) is 85.8 Å². The fourth-order valence-corrected chi connectivity index (χ4v) is 4.82. The van der Waals surface area contributed by atoms with Gasteiger partial charge in [-0.2, -0.15) is 0 Å². The molecule has 0 radical (unpaired) electrons. The number of ether oxygens (including phenoxy) is 2. The number of hydrogen-bond acceptors (Lipinski definition) is 4. The summed E-state index contributed by atoms with van der Waals surface area (Å²) in [4.78, 5) is 15.6. The summed E-state index contributed by atoms with van der Waals surface area (Å²) in [5.74, 6) is 0.659. The summed E-state index contributed by atoms with van der Waals surface area (Å²) in [5.41, 5.74) is 4.44. The lowest BCUT2D eigenvalue weighted by atomic mass is 9.98. The highest BCUT2D eigenvalue weighted by Crippen LogP contribution is 2.32. The summed E-state index contributed by atoms with van der Waals surface area (Å²) in [5, 5.41) is 5.72. The van der Waals surface area contributed by atoms with Gasteiger partial charge in [0.05, 0.1) is 13.2 Å². The lowest BCUT2D eigenvalue weighted by Gasteiger charge is -2.26. The zero-order valence-electron chi connectivity index (χ0n) is 20.3. The van der Waals surface area contributed by atoms with Crippen molar-refractivity contribution in [3.8, 4) is 16.9 Å². The van der Waals surface area contributed by atoms with Gasteiger partial charge in [0.2, 0.25) is 0 Å². The Bertz CT molecular complexity index is 1380. The number of carbonyl (C=O) groups is 1. The molecule has 1 heterocycles. The number of benzene rings is 4. The molecule has 1 aliphatic rings. The summed E-state index contributed by atoms with van der Waals surface area (Å²) in [6.45, 7) is 6.91. The first-order chi connectivity index (χ1) is 17.6. The van der Waals surface area contributed by atoms with Crippen LogP contribution in [0.25, 0.3) is 21.9 Å². The number of rotatable bonds is 7. The SMILES string of the molecule is Cc1cc(Cl)ccc1-c1cccc(C(=O)Nc2ccc(OCCN3CCOCC3)c3ccccc23)c1. The van der Waals surface area contributed by atoms with E-state index in [1.54, 1.807) is 0 Å². The molecule has 0 atom stereocenters. The second-order valence-corrected chi connectivity index (χ2v) is 9.39. The first-order valence-electron chi connectivity index (χ1n) is 12.2. The molecule has 184 valence electrons. The van der Waals surface area contributed by atoms with E-state index in [9.17, 15) is 4.79 Å². The number of nitrogens with one attached hydrogen (secondary N) is 1. The molecule has 5 nitrogen and oxygen atoms in total. The predicted molar refractivity (Wildman–Crippen MR) is 146 cm³/mol. The van der Waals surface area contributed by atoms with Crippen LogP contribution in [-0.2, 0) is 4.74 Å². The molecule has 5 rings (SSSR count). The zero-order chi connectivity index (χ0) is 24.9. The van der Waals surface area contributed by atoms with Crippen LogP contribution in [0.2, 0.25) is 5.02 Å². The van der Waals surface area contributed by atoms with Gasteiger partial charge in [-0.25, -0.2) is 0 Å². The van der Waals surface area contributed by atoms with Gasteiger partial charge in [0.1, 0.15) is 12.4 Å². The van der Waals surface area contributed by atoms with Crippen molar-refractivity contribution in [3.63, 3.8) is 0 Å². The van der Waals surface area contributed by atoms with Gasteiger partial charge in [-0.05, 0) is 60.0 Å². The van der Waals surface area contributed by atoms with Gasteiger partial charge in [0.25, 0.3) is 5.91 Å². The third-order valence-corrected chi connectivity index (χ3v) is 6.76. The zero-order valence-corrected chi connectivity index (χ0v) is 21.1. The van der Waals surface area contributed by atoms with Crippen LogP contribution in [0.5, 0.6) is 5.75 Å². The van der Waals surface area contributed by atoms with Crippen molar-refractivity contribution in [2.24, 2.45) is 0 Å². The molecule has 4 aromatic rings. The Labute approximate surface area is 216 Å². The summed E-state index contributed by atoms with van der Waals surface area (Å²) in [7, 11) is 0. The van der Waals surface area contributed by atoms with E-state index in [4.69, 9.17) is 21.1 Å². The van der Waals surface area contributed by atoms with Gasteiger partial charge >= 0.3 is 0 Å². The van der Waals surface area contributed by atoms with Gasteiger partial charge in [-0.15, -0.1) is 0 Å². The maximum absolute atomic E-state index is 13.2. The molecule has 0 bridgehead atoms. The number of anilines is 1. The van der Waals surface area contributed by atoms with Crippen molar-refractivity contribution in [2.45, 2.75) is 6.92 Å². The minimum atomic E-state index is -0.158. The third-order valence-electron chi connectivity index (χ3n) is 6.53. The van der Waals surface area contributed by atoms with Crippen LogP contribution in [0, 0.1) is 6.92 Å². The largest absolute Gasteiger partial charge is 0.492 e. The highest BCUT2D eigenvalue weighted by Gasteiger charge is 2.14. The van der Waals surface area contributed by atoms with Crippen LogP contribution in [-0.4, -0.2) is 50.3 Å². The van der Waals surface area contributed by atoms with Gasteiger partial charge < -0.3 is 14.8 Å². The van der Waals surface area contributed by atoms with Crippen LogP contribution < -0.4 is 10.1 Å². The summed E-state index contributed by atoms with van der Waals surface area (Å²) >= 11 is 6.12. The lowest BCUT2D eigenvalue weighted by Crippen LogP contribution is -2.38. The number of morpholine rings is 1. The number of amides is 1. The van der Waals surface area contributed by atoms with Gasteiger partial charge in [-0.1, -0.05) is 54.1 Å². The van der Waals surface area contributed by atoms with Gasteiger partial charge in [0, 0.05) is 46.7 Å². The number of nitrogens with zero attached hydrogens (tertiary/aromatic N) is 1. The maximum atomic E-state index is 13.2. The Balaban J connectivity index is 1.33. The Morgan fingerprint density at radius 2 is 1.78 bits per heavy atom. The Kier molecular flexibility index (Phi) is 7.52. The van der Waals surface area contributed by atoms with Crippen LogP contribution in [0.1, 0.15) is 15.9 Å². The molecule has 1 aliphatic heterocycles. The molecule has 0 saturated carbocycles. The standard InChI is InChI=1S/C30H29ClN2O3/c1-21-19-24(31)9-10-25(21)22-5-4-6-23(20-22)30(34)32-28-11-12-29(27-8-3-2-7-26(27)28)36-18-15-33-13-16-35-17-14-33/h2-12,19-20H,13-18H2,1H3,(H,32,34). The molecule has 0 unspecified atom stereocenters. The Morgan fingerprint density at radius 1 is 0.972 bits per heavy atom. The second-order valence-electron chi connectivity index (χ2n) is 8.95. The van der Waals surface area contributed by atoms with E-state index in [-0.39, 0.29) is 5.91 Å². The van der Waals surface area contributed by atoms with Crippen molar-refractivity contribution in [1.29, 1.82) is 0 Å². The average Bonchev–Trinajstić information content (AvgIpc) is 2.90. The van der Waals surface area contributed by atoms with E-state index in [0.717, 1.165) is 71.7 Å². The molecule has 36 heavy (non-hydrogen) atoms. The fourth-order valence-electron chi connectivity index (χ4n) is 4.59. The summed E-state index contributed by atoms with van der Waals surface area (Å²) < 4.78 is 11.6. The molecule has 1 fully saturated rings. The fraction of sp³-hybridized carbons (Fsp3) is 0.233. The molecule has 0 spiro atoms. The van der Waals surface area contributed by atoms with E-state index in [1.165, 1.54) is 0 Å². The first kappa shape index (κ1) is 24.3. The minimum absolute atomic E-state index is 0.158. The van der Waals surface area contributed by atoms with E-state index in [0.29, 0.717) is 17.2 Å².